The van der Waals surface area contributed by atoms with Crippen molar-refractivity contribution >= 4 is 0 Å². The van der Waals surface area contributed by atoms with Crippen molar-refractivity contribution in [3.63, 3.8) is 0 Å². The molecule has 0 N–H and O–H groups in total. The highest BCUT2D eigenvalue weighted by atomic mass is 15.2. The maximum absolute atomic E-state index is 3.23. The molecule has 2 nitrogen and oxygen atoms in total. The topological polar surface area (TPSA) is 6.48 Å². The monoisotopic (exact) mass is 210 g/mol. The second kappa shape index (κ2) is 8.76. The van der Waals surface area contributed by atoms with Crippen LogP contribution in [0.3, 0.4) is 0 Å². The Hall–Kier alpha value is -0.520. The van der Waals surface area contributed by atoms with E-state index >= 15 is 0 Å². The van der Waals surface area contributed by atoms with Gasteiger partial charge in [-0.3, -0.25) is 4.90 Å². The summed E-state index contributed by atoms with van der Waals surface area (Å²) in [5, 5.41) is 0. The third kappa shape index (κ3) is 7.41. The summed E-state index contributed by atoms with van der Waals surface area (Å²) in [4.78, 5) is 4.79. The van der Waals surface area contributed by atoms with E-state index in [9.17, 15) is 0 Å². The summed E-state index contributed by atoms with van der Waals surface area (Å²) in [6, 6.07) is 0. The first-order chi connectivity index (χ1) is 7.18. The van der Waals surface area contributed by atoms with Crippen molar-refractivity contribution in [2.75, 3.05) is 39.8 Å². The summed E-state index contributed by atoms with van der Waals surface area (Å²) >= 11 is 0. The van der Waals surface area contributed by atoms with Crippen LogP contribution in [0.4, 0.5) is 0 Å². The standard InChI is InChI=1S/C11H20N2.C2H6/c1-11(2)5-4-6-13-9-7-12(3)8-10-13;1-2/h11H,6-10H2,1-3H3;1-2H3. The van der Waals surface area contributed by atoms with Gasteiger partial charge in [0.15, 0.2) is 0 Å². The number of likely N-dealkylation sites (N-methyl/N-ethyl adjacent to an activating group) is 1. The molecule has 15 heavy (non-hydrogen) atoms. The molecule has 1 heterocycles. The number of hydrogen-bond acceptors (Lipinski definition) is 2. The van der Waals surface area contributed by atoms with Gasteiger partial charge in [0.2, 0.25) is 0 Å². The van der Waals surface area contributed by atoms with Gasteiger partial charge >= 0.3 is 0 Å². The Morgan fingerprint density at radius 3 is 2.07 bits per heavy atom. The summed E-state index contributed by atoms with van der Waals surface area (Å²) in [6.45, 7) is 13.9. The Kier molecular flexibility index (Phi) is 8.46. The predicted octanol–water partition coefficient (Wildman–Crippen LogP) is 1.92. The Morgan fingerprint density at radius 1 is 1.07 bits per heavy atom. The first-order valence-electron chi connectivity index (χ1n) is 6.08. The van der Waals surface area contributed by atoms with Gasteiger partial charge in [-0.05, 0) is 7.05 Å². The third-order valence-electron chi connectivity index (χ3n) is 2.29. The normalized spacial score (nSPS) is 17.7. The van der Waals surface area contributed by atoms with Crippen molar-refractivity contribution in [1.29, 1.82) is 0 Å². The SMILES string of the molecule is CC.CC(C)C#CCN1CCN(C)CC1. The zero-order valence-electron chi connectivity index (χ0n) is 11.0. The quantitative estimate of drug-likeness (QED) is 0.610. The van der Waals surface area contributed by atoms with Crippen LogP contribution >= 0.6 is 0 Å². The van der Waals surface area contributed by atoms with Gasteiger partial charge in [0, 0.05) is 32.1 Å². The fourth-order valence-corrected chi connectivity index (χ4v) is 1.37. The molecule has 1 fully saturated rings. The van der Waals surface area contributed by atoms with Gasteiger partial charge in [-0.25, -0.2) is 0 Å². The molecule has 0 bridgehead atoms. The van der Waals surface area contributed by atoms with E-state index < -0.39 is 0 Å². The van der Waals surface area contributed by atoms with Crippen LogP contribution in [0.5, 0.6) is 0 Å². The van der Waals surface area contributed by atoms with E-state index in [4.69, 9.17) is 0 Å². The third-order valence-corrected chi connectivity index (χ3v) is 2.29. The fourth-order valence-electron chi connectivity index (χ4n) is 1.37. The number of nitrogens with zero attached hydrogens (tertiary/aromatic N) is 2. The van der Waals surface area contributed by atoms with Crippen LogP contribution in [0.15, 0.2) is 0 Å². The Bertz CT molecular complexity index is 192. The van der Waals surface area contributed by atoms with Crippen LogP contribution in [0.1, 0.15) is 27.7 Å². The van der Waals surface area contributed by atoms with Crippen molar-refractivity contribution in [3.05, 3.63) is 0 Å². The second-order valence-electron chi connectivity index (χ2n) is 4.06. The molecule has 0 spiro atoms. The lowest BCUT2D eigenvalue weighted by Crippen LogP contribution is -2.44. The van der Waals surface area contributed by atoms with Gasteiger partial charge in [-0.1, -0.05) is 39.5 Å². The summed E-state index contributed by atoms with van der Waals surface area (Å²) < 4.78 is 0. The predicted molar refractivity (Wildman–Crippen MR) is 67.9 cm³/mol. The first-order valence-corrected chi connectivity index (χ1v) is 6.08. The molecule has 0 aliphatic carbocycles. The van der Waals surface area contributed by atoms with Crippen LogP contribution in [0, 0.1) is 17.8 Å². The van der Waals surface area contributed by atoms with E-state index in [1.54, 1.807) is 0 Å². The summed E-state index contributed by atoms with van der Waals surface area (Å²) in [7, 11) is 2.18. The summed E-state index contributed by atoms with van der Waals surface area (Å²) in [5.41, 5.74) is 0. The van der Waals surface area contributed by atoms with Crippen molar-refractivity contribution in [3.8, 4) is 11.8 Å². The fraction of sp³-hybridized carbons (Fsp3) is 0.846. The highest BCUT2D eigenvalue weighted by Crippen LogP contribution is 1.97. The number of hydrogen-bond donors (Lipinski definition) is 0. The van der Waals surface area contributed by atoms with Gasteiger partial charge in [-0.15, -0.1) is 0 Å². The van der Waals surface area contributed by atoms with Crippen LogP contribution in [-0.2, 0) is 0 Å². The molecule has 1 rings (SSSR count). The Labute approximate surface area is 95.6 Å². The maximum atomic E-state index is 3.23. The second-order valence-corrected chi connectivity index (χ2v) is 4.06. The number of piperazine rings is 1. The summed E-state index contributed by atoms with van der Waals surface area (Å²) in [6.07, 6.45) is 0. The molecule has 88 valence electrons. The van der Waals surface area contributed by atoms with Crippen molar-refractivity contribution < 1.29 is 0 Å². The molecule has 1 aliphatic rings. The molecule has 0 atom stereocenters. The average Bonchev–Trinajstić information content (AvgIpc) is 2.23. The number of rotatable bonds is 1. The molecule has 1 aliphatic heterocycles. The van der Waals surface area contributed by atoms with Crippen LogP contribution in [0.2, 0.25) is 0 Å². The molecule has 2 heteroatoms. The minimum atomic E-state index is 0.507. The molecule has 0 aromatic rings. The maximum Gasteiger partial charge on any atom is 0.0602 e. The molecule has 0 unspecified atom stereocenters. The molecular weight excluding hydrogens is 184 g/mol. The lowest BCUT2D eigenvalue weighted by atomic mass is 10.2. The van der Waals surface area contributed by atoms with E-state index in [-0.39, 0.29) is 0 Å². The first kappa shape index (κ1) is 14.5. The molecule has 0 radical (unpaired) electrons. The van der Waals surface area contributed by atoms with E-state index in [1.165, 1.54) is 26.2 Å². The van der Waals surface area contributed by atoms with Gasteiger partial charge in [-0.2, -0.15) is 0 Å². The largest absolute Gasteiger partial charge is 0.304 e. The van der Waals surface area contributed by atoms with Gasteiger partial charge in [0.05, 0.1) is 6.54 Å². The molecule has 0 saturated carbocycles. The zero-order valence-corrected chi connectivity index (χ0v) is 11.0. The zero-order chi connectivity index (χ0) is 11.7. The van der Waals surface area contributed by atoms with Crippen LogP contribution in [0.25, 0.3) is 0 Å². The highest BCUT2D eigenvalue weighted by Gasteiger charge is 2.11. The van der Waals surface area contributed by atoms with E-state index in [1.807, 2.05) is 13.8 Å². The molecular formula is C13H26N2. The van der Waals surface area contributed by atoms with Gasteiger partial charge in [0.1, 0.15) is 0 Å². The molecule has 1 saturated heterocycles. The Morgan fingerprint density at radius 2 is 1.60 bits per heavy atom. The van der Waals surface area contributed by atoms with Crippen LogP contribution < -0.4 is 0 Å². The van der Waals surface area contributed by atoms with Crippen molar-refractivity contribution in [2.24, 2.45) is 5.92 Å². The minimum Gasteiger partial charge on any atom is -0.304 e. The minimum absolute atomic E-state index is 0.507. The highest BCUT2D eigenvalue weighted by molar-refractivity contribution is 5.03. The van der Waals surface area contributed by atoms with Gasteiger partial charge in [0.25, 0.3) is 0 Å². The molecule has 0 aromatic carbocycles. The lowest BCUT2D eigenvalue weighted by molar-refractivity contribution is 0.168. The van der Waals surface area contributed by atoms with Crippen molar-refractivity contribution in [1.82, 2.24) is 9.80 Å². The summed E-state index contributed by atoms with van der Waals surface area (Å²) in [5.74, 6) is 6.93. The smallest absolute Gasteiger partial charge is 0.0602 e. The van der Waals surface area contributed by atoms with E-state index in [2.05, 4.69) is 42.5 Å². The van der Waals surface area contributed by atoms with E-state index in [0.717, 1.165) is 6.54 Å². The van der Waals surface area contributed by atoms with Crippen molar-refractivity contribution in [2.45, 2.75) is 27.7 Å². The lowest BCUT2D eigenvalue weighted by Gasteiger charge is -2.30. The molecule has 0 aromatic heterocycles. The van der Waals surface area contributed by atoms with Gasteiger partial charge < -0.3 is 4.90 Å². The Balaban J connectivity index is 0.000000921. The average molecular weight is 210 g/mol. The van der Waals surface area contributed by atoms with Crippen LogP contribution in [-0.4, -0.2) is 49.6 Å². The van der Waals surface area contributed by atoms with E-state index in [0.29, 0.717) is 5.92 Å². The molecule has 0 amide bonds.